The Balaban J connectivity index is 1.59. The van der Waals surface area contributed by atoms with Crippen LogP contribution in [-0.2, 0) is 4.74 Å². The number of amides is 2. The maximum atomic E-state index is 12.7. The van der Waals surface area contributed by atoms with Gasteiger partial charge < -0.3 is 15.4 Å². The fourth-order valence-electron chi connectivity index (χ4n) is 2.04. The van der Waals surface area contributed by atoms with Crippen LogP contribution in [-0.4, -0.2) is 50.3 Å². The molecule has 1 saturated heterocycles. The molecule has 1 aromatic carbocycles. The average molecular weight is 281 g/mol. The maximum Gasteiger partial charge on any atom is 0.319 e. The molecule has 1 aromatic rings. The maximum absolute atomic E-state index is 12.7. The molecule has 1 fully saturated rings. The summed E-state index contributed by atoms with van der Waals surface area (Å²) < 4.78 is 18.0. The zero-order valence-electron chi connectivity index (χ0n) is 11.4. The summed E-state index contributed by atoms with van der Waals surface area (Å²) in [5.74, 6) is -0.318. The third kappa shape index (κ3) is 5.14. The van der Waals surface area contributed by atoms with Crippen molar-refractivity contribution in [2.24, 2.45) is 0 Å². The summed E-state index contributed by atoms with van der Waals surface area (Å²) >= 11 is 0. The number of ether oxygens (including phenoxy) is 1. The van der Waals surface area contributed by atoms with Crippen LogP contribution in [0.1, 0.15) is 6.42 Å². The van der Waals surface area contributed by atoms with E-state index in [2.05, 4.69) is 15.5 Å². The molecule has 0 atom stereocenters. The summed E-state index contributed by atoms with van der Waals surface area (Å²) in [6.45, 7) is 5.07. The Kier molecular flexibility index (Phi) is 5.76. The van der Waals surface area contributed by atoms with Crippen molar-refractivity contribution < 1.29 is 13.9 Å². The topological polar surface area (TPSA) is 53.6 Å². The second-order valence-corrected chi connectivity index (χ2v) is 4.70. The summed E-state index contributed by atoms with van der Waals surface area (Å²) in [5.41, 5.74) is 0.581. The van der Waals surface area contributed by atoms with Gasteiger partial charge in [-0.2, -0.15) is 0 Å². The number of urea groups is 1. The fraction of sp³-hybridized carbons (Fsp3) is 0.500. The monoisotopic (exact) mass is 281 g/mol. The lowest BCUT2D eigenvalue weighted by Gasteiger charge is -2.26. The molecule has 6 heteroatoms. The molecule has 1 heterocycles. The number of nitrogens with one attached hydrogen (secondary N) is 2. The highest BCUT2D eigenvalue weighted by Crippen LogP contribution is 2.07. The van der Waals surface area contributed by atoms with Gasteiger partial charge in [0.25, 0.3) is 0 Å². The van der Waals surface area contributed by atoms with Gasteiger partial charge in [-0.15, -0.1) is 0 Å². The van der Waals surface area contributed by atoms with Crippen molar-refractivity contribution in [3.63, 3.8) is 0 Å². The average Bonchev–Trinajstić information content (AvgIpc) is 2.47. The van der Waals surface area contributed by atoms with Gasteiger partial charge in [-0.3, -0.25) is 4.90 Å². The van der Waals surface area contributed by atoms with Gasteiger partial charge in [0.2, 0.25) is 0 Å². The van der Waals surface area contributed by atoms with Gasteiger partial charge in [-0.25, -0.2) is 9.18 Å². The highest BCUT2D eigenvalue weighted by atomic mass is 19.1. The van der Waals surface area contributed by atoms with Crippen molar-refractivity contribution >= 4 is 11.7 Å². The first-order chi connectivity index (χ1) is 9.74. The van der Waals surface area contributed by atoms with Crippen LogP contribution in [0.25, 0.3) is 0 Å². The Morgan fingerprint density at radius 1 is 1.25 bits per heavy atom. The Bertz CT molecular complexity index is 419. The molecule has 2 amide bonds. The van der Waals surface area contributed by atoms with Crippen molar-refractivity contribution in [1.29, 1.82) is 0 Å². The van der Waals surface area contributed by atoms with Crippen molar-refractivity contribution in [3.05, 3.63) is 30.1 Å². The Morgan fingerprint density at radius 3 is 2.65 bits per heavy atom. The molecule has 2 N–H and O–H groups in total. The van der Waals surface area contributed by atoms with E-state index in [0.29, 0.717) is 12.2 Å². The van der Waals surface area contributed by atoms with Crippen LogP contribution in [0.3, 0.4) is 0 Å². The van der Waals surface area contributed by atoms with E-state index in [9.17, 15) is 9.18 Å². The molecule has 1 aliphatic heterocycles. The highest BCUT2D eigenvalue weighted by Gasteiger charge is 2.09. The Hall–Kier alpha value is -1.66. The minimum Gasteiger partial charge on any atom is -0.379 e. The van der Waals surface area contributed by atoms with E-state index in [4.69, 9.17) is 4.74 Å². The molecular formula is C14H20FN3O2. The quantitative estimate of drug-likeness (QED) is 0.807. The highest BCUT2D eigenvalue weighted by molar-refractivity contribution is 5.89. The van der Waals surface area contributed by atoms with Gasteiger partial charge in [0.15, 0.2) is 0 Å². The summed E-state index contributed by atoms with van der Waals surface area (Å²) in [6.07, 6.45) is 0.900. The SMILES string of the molecule is O=C(NCCCN1CCOCC1)Nc1ccc(F)cc1. The number of anilines is 1. The van der Waals surface area contributed by atoms with Gasteiger partial charge in [0, 0.05) is 25.3 Å². The van der Waals surface area contributed by atoms with E-state index >= 15 is 0 Å². The van der Waals surface area contributed by atoms with Crippen molar-refractivity contribution in [2.75, 3.05) is 44.7 Å². The van der Waals surface area contributed by atoms with Crippen molar-refractivity contribution in [2.45, 2.75) is 6.42 Å². The van der Waals surface area contributed by atoms with Crippen molar-refractivity contribution in [1.82, 2.24) is 10.2 Å². The van der Waals surface area contributed by atoms with Crippen LogP contribution >= 0.6 is 0 Å². The van der Waals surface area contributed by atoms with Crippen LogP contribution < -0.4 is 10.6 Å². The minimum absolute atomic E-state index is 0.265. The summed E-state index contributed by atoms with van der Waals surface area (Å²) in [6, 6.07) is 5.42. The second-order valence-electron chi connectivity index (χ2n) is 4.70. The molecule has 0 radical (unpaired) electrons. The van der Waals surface area contributed by atoms with Crippen LogP contribution in [0, 0.1) is 5.82 Å². The molecule has 5 nitrogen and oxygen atoms in total. The number of rotatable bonds is 5. The first kappa shape index (κ1) is 14.7. The summed E-state index contributed by atoms with van der Waals surface area (Å²) in [4.78, 5) is 13.9. The van der Waals surface area contributed by atoms with E-state index in [-0.39, 0.29) is 11.8 Å². The van der Waals surface area contributed by atoms with Crippen molar-refractivity contribution in [3.8, 4) is 0 Å². The van der Waals surface area contributed by atoms with E-state index in [1.807, 2.05) is 0 Å². The summed E-state index contributed by atoms with van der Waals surface area (Å²) in [7, 11) is 0. The van der Waals surface area contributed by atoms with Gasteiger partial charge in [-0.05, 0) is 37.2 Å². The predicted octanol–water partition coefficient (Wildman–Crippen LogP) is 1.67. The predicted molar refractivity (Wildman–Crippen MR) is 75.3 cm³/mol. The van der Waals surface area contributed by atoms with Crippen LogP contribution in [0.15, 0.2) is 24.3 Å². The van der Waals surface area contributed by atoms with Crippen LogP contribution in [0.2, 0.25) is 0 Å². The number of halogens is 1. The first-order valence-corrected chi connectivity index (χ1v) is 6.84. The zero-order chi connectivity index (χ0) is 14.2. The number of hydrogen-bond donors (Lipinski definition) is 2. The number of hydrogen-bond acceptors (Lipinski definition) is 3. The normalized spacial score (nSPS) is 15.8. The van der Waals surface area contributed by atoms with Gasteiger partial charge in [0.05, 0.1) is 13.2 Å². The molecule has 0 saturated carbocycles. The van der Waals surface area contributed by atoms with Crippen LogP contribution in [0.4, 0.5) is 14.9 Å². The second kappa shape index (κ2) is 7.81. The Morgan fingerprint density at radius 2 is 1.95 bits per heavy atom. The molecule has 20 heavy (non-hydrogen) atoms. The molecule has 0 spiro atoms. The fourth-order valence-corrected chi connectivity index (χ4v) is 2.04. The van der Waals surface area contributed by atoms with Gasteiger partial charge in [-0.1, -0.05) is 0 Å². The molecule has 0 aromatic heterocycles. The lowest BCUT2D eigenvalue weighted by molar-refractivity contribution is 0.0375. The van der Waals surface area contributed by atoms with Gasteiger partial charge in [0.1, 0.15) is 5.82 Å². The van der Waals surface area contributed by atoms with Gasteiger partial charge >= 0.3 is 6.03 Å². The molecule has 110 valence electrons. The van der Waals surface area contributed by atoms with E-state index in [1.54, 1.807) is 0 Å². The minimum atomic E-state index is -0.318. The zero-order valence-corrected chi connectivity index (χ0v) is 11.4. The lowest BCUT2D eigenvalue weighted by Crippen LogP contribution is -2.38. The molecule has 0 bridgehead atoms. The van der Waals surface area contributed by atoms with Crippen LogP contribution in [0.5, 0.6) is 0 Å². The smallest absolute Gasteiger partial charge is 0.319 e. The molecule has 1 aliphatic rings. The molecular weight excluding hydrogens is 261 g/mol. The third-order valence-electron chi connectivity index (χ3n) is 3.14. The number of benzene rings is 1. The van der Waals surface area contributed by atoms with E-state index in [0.717, 1.165) is 39.3 Å². The number of morpholine rings is 1. The van der Waals surface area contributed by atoms with E-state index in [1.165, 1.54) is 24.3 Å². The van der Waals surface area contributed by atoms with E-state index < -0.39 is 0 Å². The summed E-state index contributed by atoms with van der Waals surface area (Å²) in [5, 5.41) is 5.44. The standard InChI is InChI=1S/C14H20FN3O2/c15-12-2-4-13(5-3-12)17-14(19)16-6-1-7-18-8-10-20-11-9-18/h2-5H,1,6-11H2,(H2,16,17,19). The largest absolute Gasteiger partial charge is 0.379 e. The number of carbonyl (C=O) groups is 1. The lowest BCUT2D eigenvalue weighted by atomic mass is 10.3. The Labute approximate surface area is 118 Å². The molecule has 0 unspecified atom stereocenters. The molecule has 0 aliphatic carbocycles. The molecule has 2 rings (SSSR count). The number of nitrogens with zero attached hydrogens (tertiary/aromatic N) is 1. The first-order valence-electron chi connectivity index (χ1n) is 6.84. The third-order valence-corrected chi connectivity index (χ3v) is 3.14. The number of carbonyl (C=O) groups excluding carboxylic acids is 1.